The second-order valence-electron chi connectivity index (χ2n) is 9.95. The van der Waals surface area contributed by atoms with E-state index in [1.165, 1.54) is 13.0 Å². The Balaban J connectivity index is 1.27. The molecule has 216 valence electrons. The number of ether oxygens (including phenoxy) is 1. The van der Waals surface area contributed by atoms with Crippen LogP contribution in [-0.4, -0.2) is 53.2 Å². The Hall–Kier alpha value is -5.42. The molecule has 1 saturated heterocycles. The molecule has 3 aromatic carbocycles. The maximum absolute atomic E-state index is 15.6. The molecule has 0 radical (unpaired) electrons. The number of hydrogen-bond acceptors (Lipinski definition) is 7. The lowest BCUT2D eigenvalue weighted by atomic mass is 10.1. The highest BCUT2D eigenvalue weighted by Crippen LogP contribution is 2.32. The van der Waals surface area contributed by atoms with Crippen LogP contribution in [0.2, 0.25) is 0 Å². The first-order valence-corrected chi connectivity index (χ1v) is 13.7. The molecular formula is C32H28FN7O3. The topological polar surface area (TPSA) is 121 Å². The van der Waals surface area contributed by atoms with Gasteiger partial charge in [0.15, 0.2) is 5.82 Å². The lowest BCUT2D eigenvalue weighted by Gasteiger charge is -2.29. The van der Waals surface area contributed by atoms with Gasteiger partial charge in [0.2, 0.25) is 5.91 Å². The number of pyridine rings is 1. The zero-order valence-electron chi connectivity index (χ0n) is 23.3. The van der Waals surface area contributed by atoms with E-state index in [-0.39, 0.29) is 23.0 Å². The summed E-state index contributed by atoms with van der Waals surface area (Å²) in [4.78, 5) is 39.9. The predicted molar refractivity (Wildman–Crippen MR) is 165 cm³/mol. The van der Waals surface area contributed by atoms with Crippen LogP contribution in [0.3, 0.4) is 0 Å². The minimum absolute atomic E-state index is 0.190. The van der Waals surface area contributed by atoms with Gasteiger partial charge in [-0.05, 0) is 66.7 Å². The van der Waals surface area contributed by atoms with Gasteiger partial charge in [0, 0.05) is 54.2 Å². The highest BCUT2D eigenvalue weighted by atomic mass is 19.1. The zero-order valence-corrected chi connectivity index (χ0v) is 23.3. The third-order valence-corrected chi connectivity index (χ3v) is 6.88. The van der Waals surface area contributed by atoms with Gasteiger partial charge in [-0.2, -0.15) is 0 Å². The van der Waals surface area contributed by atoms with Crippen molar-refractivity contribution in [1.82, 2.24) is 15.0 Å². The summed E-state index contributed by atoms with van der Waals surface area (Å²) in [6, 6.07) is 22.1. The van der Waals surface area contributed by atoms with Crippen LogP contribution in [0.5, 0.6) is 0 Å². The van der Waals surface area contributed by atoms with E-state index in [9.17, 15) is 9.59 Å². The van der Waals surface area contributed by atoms with Crippen molar-refractivity contribution in [2.24, 2.45) is 0 Å². The van der Waals surface area contributed by atoms with E-state index in [2.05, 4.69) is 25.8 Å². The molecule has 0 unspecified atom stereocenters. The fourth-order valence-corrected chi connectivity index (χ4v) is 4.85. The van der Waals surface area contributed by atoms with Gasteiger partial charge in [-0.3, -0.25) is 9.78 Å². The van der Waals surface area contributed by atoms with E-state index >= 15 is 4.39 Å². The molecule has 11 heteroatoms. The van der Waals surface area contributed by atoms with Crippen molar-refractivity contribution < 1.29 is 18.7 Å². The highest BCUT2D eigenvalue weighted by molar-refractivity contribution is 6.00. The lowest BCUT2D eigenvalue weighted by Crippen LogP contribution is -2.37. The molecule has 5 aromatic rings. The number of nitrogens with one attached hydrogen (secondary N) is 3. The van der Waals surface area contributed by atoms with Crippen LogP contribution in [0.25, 0.3) is 33.5 Å². The van der Waals surface area contributed by atoms with Crippen molar-refractivity contribution in [3.63, 3.8) is 0 Å². The minimum Gasteiger partial charge on any atom is -0.378 e. The number of urea groups is 1. The lowest BCUT2D eigenvalue weighted by molar-refractivity contribution is -0.114. The molecule has 6 rings (SSSR count). The summed E-state index contributed by atoms with van der Waals surface area (Å²) in [5.74, 6) is 0.177. The summed E-state index contributed by atoms with van der Waals surface area (Å²) in [5, 5.41) is 8.85. The Bertz CT molecular complexity index is 1790. The van der Waals surface area contributed by atoms with E-state index in [0.717, 1.165) is 16.6 Å². The fourth-order valence-electron chi connectivity index (χ4n) is 4.85. The first-order valence-electron chi connectivity index (χ1n) is 13.7. The molecule has 1 aliphatic heterocycles. The molecule has 3 N–H and O–H groups in total. The quantitative estimate of drug-likeness (QED) is 0.228. The maximum Gasteiger partial charge on any atom is 0.323 e. The number of nitrogens with zero attached hydrogens (tertiary/aromatic N) is 4. The maximum atomic E-state index is 15.6. The molecule has 2 aromatic heterocycles. The number of carbonyl (C=O) groups excluding carboxylic acids is 2. The van der Waals surface area contributed by atoms with Gasteiger partial charge < -0.3 is 25.6 Å². The first kappa shape index (κ1) is 27.7. The second kappa shape index (κ2) is 12.2. The molecule has 43 heavy (non-hydrogen) atoms. The molecule has 0 saturated carbocycles. The van der Waals surface area contributed by atoms with E-state index in [0.29, 0.717) is 49.0 Å². The normalized spacial score (nSPS) is 13.0. The zero-order chi connectivity index (χ0) is 29.8. The van der Waals surface area contributed by atoms with Crippen LogP contribution in [0, 0.1) is 5.82 Å². The molecule has 0 spiro atoms. The van der Waals surface area contributed by atoms with Gasteiger partial charge in [-0.25, -0.2) is 19.2 Å². The Kier molecular flexibility index (Phi) is 7.88. The average molecular weight is 578 g/mol. The SMILES string of the molecule is CC(=O)Nc1ccc(NC(=O)Nc2ccc(-c3nc(N4CCOCC4)c4ccc(-c5ccccn5)cc4n3)c(F)c2)cc1. The number of morpholine rings is 1. The molecule has 0 aliphatic carbocycles. The van der Waals surface area contributed by atoms with Crippen molar-refractivity contribution >= 4 is 45.7 Å². The van der Waals surface area contributed by atoms with Crippen molar-refractivity contribution in [2.45, 2.75) is 6.92 Å². The average Bonchev–Trinajstić information content (AvgIpc) is 3.02. The van der Waals surface area contributed by atoms with Crippen LogP contribution >= 0.6 is 0 Å². The van der Waals surface area contributed by atoms with Crippen LogP contribution in [0.15, 0.2) is 85.1 Å². The molecule has 1 aliphatic rings. The largest absolute Gasteiger partial charge is 0.378 e. The minimum atomic E-state index is -0.578. The Labute approximate surface area is 247 Å². The van der Waals surface area contributed by atoms with E-state index in [4.69, 9.17) is 14.7 Å². The summed E-state index contributed by atoms with van der Waals surface area (Å²) < 4.78 is 21.1. The molecule has 3 amide bonds. The smallest absolute Gasteiger partial charge is 0.323 e. The number of fused-ring (bicyclic) bond motifs is 1. The summed E-state index contributed by atoms with van der Waals surface area (Å²) in [6.45, 7) is 3.87. The number of amides is 3. The van der Waals surface area contributed by atoms with Gasteiger partial charge in [0.05, 0.1) is 30.0 Å². The Morgan fingerprint density at radius 2 is 1.56 bits per heavy atom. The van der Waals surface area contributed by atoms with E-state index < -0.39 is 11.8 Å². The molecule has 1 fully saturated rings. The standard InChI is InChI=1S/C32H28FN7O3/c1-20(41)35-22-6-8-23(9-7-22)36-32(42)37-24-10-12-25(27(33)19-24)30-38-29-18-21(28-4-2-3-13-34-28)5-11-26(29)31(39-30)40-14-16-43-17-15-40/h2-13,18-19H,14-17H2,1H3,(H,35,41)(H2,36,37,42). The van der Waals surface area contributed by atoms with Gasteiger partial charge >= 0.3 is 6.03 Å². The third-order valence-electron chi connectivity index (χ3n) is 6.88. The van der Waals surface area contributed by atoms with Crippen LogP contribution in [0.1, 0.15) is 6.92 Å². The molecule has 0 bridgehead atoms. The molecule has 0 atom stereocenters. The predicted octanol–water partition coefficient (Wildman–Crippen LogP) is 5.94. The summed E-state index contributed by atoms with van der Waals surface area (Å²) >= 11 is 0. The molecule has 3 heterocycles. The molecular weight excluding hydrogens is 549 g/mol. The first-order chi connectivity index (χ1) is 20.9. The van der Waals surface area contributed by atoms with E-state index in [1.807, 2.05) is 36.4 Å². The monoisotopic (exact) mass is 577 g/mol. The van der Waals surface area contributed by atoms with Gasteiger partial charge in [-0.15, -0.1) is 0 Å². The number of hydrogen-bond donors (Lipinski definition) is 3. The van der Waals surface area contributed by atoms with Crippen LogP contribution < -0.4 is 20.9 Å². The van der Waals surface area contributed by atoms with Gasteiger partial charge in [0.25, 0.3) is 0 Å². The van der Waals surface area contributed by atoms with Gasteiger partial charge in [-0.1, -0.05) is 12.1 Å². The second-order valence-corrected chi connectivity index (χ2v) is 9.95. The fraction of sp³-hybridized carbons (Fsp3) is 0.156. The Morgan fingerprint density at radius 1 is 0.837 bits per heavy atom. The van der Waals surface area contributed by atoms with Crippen molar-refractivity contribution in [3.8, 4) is 22.6 Å². The van der Waals surface area contributed by atoms with E-state index in [1.54, 1.807) is 42.6 Å². The highest BCUT2D eigenvalue weighted by Gasteiger charge is 2.20. The Morgan fingerprint density at radius 3 is 2.26 bits per heavy atom. The van der Waals surface area contributed by atoms with Crippen molar-refractivity contribution in [2.75, 3.05) is 47.2 Å². The van der Waals surface area contributed by atoms with Crippen LogP contribution in [0.4, 0.5) is 32.1 Å². The number of anilines is 4. The summed E-state index contributed by atoms with van der Waals surface area (Å²) in [5.41, 5.74) is 3.95. The number of rotatable bonds is 6. The number of halogens is 1. The van der Waals surface area contributed by atoms with Crippen LogP contribution in [-0.2, 0) is 9.53 Å². The summed E-state index contributed by atoms with van der Waals surface area (Å²) in [6.07, 6.45) is 1.74. The third kappa shape index (κ3) is 6.41. The van der Waals surface area contributed by atoms with Crippen molar-refractivity contribution in [3.05, 3.63) is 90.9 Å². The summed E-state index contributed by atoms with van der Waals surface area (Å²) in [7, 11) is 0. The molecule has 10 nitrogen and oxygen atoms in total. The number of carbonyl (C=O) groups is 2. The van der Waals surface area contributed by atoms with Gasteiger partial charge in [0.1, 0.15) is 11.6 Å². The van der Waals surface area contributed by atoms with Crippen molar-refractivity contribution in [1.29, 1.82) is 0 Å². The number of benzene rings is 3. The number of aromatic nitrogens is 3.